The van der Waals surface area contributed by atoms with Gasteiger partial charge in [-0.15, -0.1) is 0 Å². The number of piperidine rings is 1. The number of pyridine rings is 1. The van der Waals surface area contributed by atoms with E-state index >= 15 is 0 Å². The molecule has 1 N–H and O–H groups in total. The van der Waals surface area contributed by atoms with Gasteiger partial charge in [-0.05, 0) is 31.0 Å². The average Bonchev–Trinajstić information content (AvgIpc) is 3.00. The molecule has 2 aromatic rings. The number of aromatic amines is 1. The molecule has 5 nitrogen and oxygen atoms in total. The highest BCUT2D eigenvalue weighted by atomic mass is 35.5. The van der Waals surface area contributed by atoms with Gasteiger partial charge in [-0.25, -0.2) is 4.98 Å². The van der Waals surface area contributed by atoms with E-state index in [1.165, 1.54) is 0 Å². The first-order valence-corrected chi connectivity index (χ1v) is 7.50. The minimum Gasteiger partial charge on any atom is -0.338 e. The number of nitrogens with one attached hydrogen (secondary N) is 1. The van der Waals surface area contributed by atoms with Gasteiger partial charge in [-0.1, -0.05) is 23.2 Å². The fourth-order valence-electron chi connectivity index (χ4n) is 2.68. The van der Waals surface area contributed by atoms with E-state index < -0.39 is 0 Å². The molecule has 1 aliphatic rings. The van der Waals surface area contributed by atoms with Crippen LogP contribution in [0.25, 0.3) is 0 Å². The van der Waals surface area contributed by atoms with Gasteiger partial charge in [0.15, 0.2) is 0 Å². The molecule has 21 heavy (non-hydrogen) atoms. The van der Waals surface area contributed by atoms with Crippen molar-refractivity contribution in [2.45, 2.75) is 18.8 Å². The Morgan fingerprint density at radius 3 is 2.76 bits per heavy atom. The molecule has 0 aromatic carbocycles. The van der Waals surface area contributed by atoms with E-state index in [1.807, 2.05) is 11.0 Å². The number of carbonyl (C=O) groups excluding carboxylic acids is 1. The normalized spacial score (nSPS) is 18.8. The molecular formula is C14H14Cl2N4O. The van der Waals surface area contributed by atoms with Crippen molar-refractivity contribution in [1.82, 2.24) is 20.1 Å². The first-order chi connectivity index (χ1) is 10.1. The largest absolute Gasteiger partial charge is 0.338 e. The van der Waals surface area contributed by atoms with E-state index in [1.54, 1.807) is 18.3 Å². The van der Waals surface area contributed by atoms with Crippen LogP contribution in [0, 0.1) is 0 Å². The van der Waals surface area contributed by atoms with E-state index in [0.29, 0.717) is 12.1 Å². The fourth-order valence-corrected chi connectivity index (χ4v) is 3.14. The van der Waals surface area contributed by atoms with Crippen LogP contribution < -0.4 is 0 Å². The van der Waals surface area contributed by atoms with Gasteiger partial charge in [0.1, 0.15) is 10.3 Å². The number of carbonyl (C=O) groups is 1. The van der Waals surface area contributed by atoms with Crippen molar-refractivity contribution in [3.63, 3.8) is 0 Å². The first kappa shape index (κ1) is 14.4. The number of aromatic nitrogens is 3. The molecular weight excluding hydrogens is 311 g/mol. The molecule has 1 atom stereocenters. The van der Waals surface area contributed by atoms with Crippen LogP contribution in [-0.2, 0) is 0 Å². The van der Waals surface area contributed by atoms with Crippen molar-refractivity contribution in [2.75, 3.05) is 13.1 Å². The lowest BCUT2D eigenvalue weighted by molar-refractivity contribution is 0.0705. The van der Waals surface area contributed by atoms with Gasteiger partial charge in [-0.3, -0.25) is 9.89 Å². The number of rotatable bonds is 2. The first-order valence-electron chi connectivity index (χ1n) is 6.75. The third kappa shape index (κ3) is 3.19. The minimum atomic E-state index is -0.0644. The van der Waals surface area contributed by atoms with Crippen molar-refractivity contribution < 1.29 is 4.79 Å². The number of hydrogen-bond acceptors (Lipinski definition) is 3. The number of likely N-dealkylation sites (tertiary alicyclic amines) is 1. The maximum absolute atomic E-state index is 12.6. The number of hydrogen-bond donors (Lipinski definition) is 1. The van der Waals surface area contributed by atoms with E-state index in [2.05, 4.69) is 15.2 Å². The molecule has 0 bridgehead atoms. The Labute approximate surface area is 132 Å². The predicted octanol–water partition coefficient (Wildman–Crippen LogP) is 3.13. The Morgan fingerprint density at radius 2 is 2.10 bits per heavy atom. The van der Waals surface area contributed by atoms with Crippen LogP contribution in [0.15, 0.2) is 24.4 Å². The smallest absolute Gasteiger partial charge is 0.254 e. The molecule has 0 aliphatic carbocycles. The highest BCUT2D eigenvalue weighted by Gasteiger charge is 2.26. The maximum atomic E-state index is 12.6. The lowest BCUT2D eigenvalue weighted by Gasteiger charge is -2.32. The summed E-state index contributed by atoms with van der Waals surface area (Å²) in [5.74, 6) is 0.225. The number of H-pyrrole nitrogens is 1. The summed E-state index contributed by atoms with van der Waals surface area (Å²) < 4.78 is 0. The van der Waals surface area contributed by atoms with Crippen molar-refractivity contribution in [3.8, 4) is 0 Å². The second kappa shape index (κ2) is 6.03. The summed E-state index contributed by atoms with van der Waals surface area (Å²) in [6.07, 6.45) is 3.74. The molecule has 3 rings (SSSR count). The predicted molar refractivity (Wildman–Crippen MR) is 80.7 cm³/mol. The standard InChI is InChI=1S/C14H14Cl2N4O/c15-12-6-10(7-13(16)18-12)14(21)20-5-1-2-9(8-20)11-3-4-17-19-11/h3-4,6-7,9H,1-2,5,8H2,(H,17,19). The third-order valence-corrected chi connectivity index (χ3v) is 4.07. The lowest BCUT2D eigenvalue weighted by atomic mass is 9.94. The average molecular weight is 325 g/mol. The van der Waals surface area contributed by atoms with Crippen molar-refractivity contribution in [1.29, 1.82) is 0 Å². The van der Waals surface area contributed by atoms with Crippen LogP contribution in [0.4, 0.5) is 0 Å². The van der Waals surface area contributed by atoms with Crippen LogP contribution in [-0.4, -0.2) is 39.1 Å². The number of halogens is 2. The summed E-state index contributed by atoms with van der Waals surface area (Å²) >= 11 is 11.7. The molecule has 3 heterocycles. The van der Waals surface area contributed by atoms with Crippen LogP contribution in [0.2, 0.25) is 10.3 Å². The van der Waals surface area contributed by atoms with Crippen molar-refractivity contribution in [3.05, 3.63) is 46.0 Å². The van der Waals surface area contributed by atoms with Crippen LogP contribution in [0.1, 0.15) is 34.8 Å². The monoisotopic (exact) mass is 324 g/mol. The van der Waals surface area contributed by atoms with E-state index in [4.69, 9.17) is 23.2 Å². The van der Waals surface area contributed by atoms with E-state index in [-0.39, 0.29) is 22.1 Å². The van der Waals surface area contributed by atoms with Gasteiger partial charge in [0.2, 0.25) is 0 Å². The van der Waals surface area contributed by atoms with Gasteiger partial charge in [0, 0.05) is 36.5 Å². The molecule has 1 fully saturated rings. The SMILES string of the molecule is O=C(c1cc(Cl)nc(Cl)c1)N1CCCC(c2ccn[nH]2)C1. The van der Waals surface area contributed by atoms with Gasteiger partial charge < -0.3 is 4.90 Å². The second-order valence-electron chi connectivity index (χ2n) is 5.10. The minimum absolute atomic E-state index is 0.0644. The molecule has 7 heteroatoms. The summed E-state index contributed by atoms with van der Waals surface area (Å²) in [6.45, 7) is 1.40. The van der Waals surface area contributed by atoms with Crippen LogP contribution >= 0.6 is 23.2 Å². The Balaban J connectivity index is 1.78. The highest BCUT2D eigenvalue weighted by Crippen LogP contribution is 2.27. The maximum Gasteiger partial charge on any atom is 0.254 e. The zero-order valence-electron chi connectivity index (χ0n) is 11.2. The van der Waals surface area contributed by atoms with Gasteiger partial charge in [0.05, 0.1) is 0 Å². The molecule has 2 aromatic heterocycles. The van der Waals surface area contributed by atoms with Crippen molar-refractivity contribution >= 4 is 29.1 Å². The molecule has 1 aliphatic heterocycles. The summed E-state index contributed by atoms with van der Waals surface area (Å²) in [5, 5.41) is 7.42. The van der Waals surface area contributed by atoms with E-state index in [9.17, 15) is 4.79 Å². The zero-order chi connectivity index (χ0) is 14.8. The lowest BCUT2D eigenvalue weighted by Crippen LogP contribution is -2.39. The van der Waals surface area contributed by atoms with Crippen LogP contribution in [0.5, 0.6) is 0 Å². The molecule has 1 saturated heterocycles. The number of amides is 1. The number of nitrogens with zero attached hydrogens (tertiary/aromatic N) is 3. The van der Waals surface area contributed by atoms with Gasteiger partial charge in [-0.2, -0.15) is 5.10 Å². The third-order valence-electron chi connectivity index (χ3n) is 3.68. The summed E-state index contributed by atoms with van der Waals surface area (Å²) in [5.41, 5.74) is 1.54. The second-order valence-corrected chi connectivity index (χ2v) is 5.88. The molecule has 0 spiro atoms. The van der Waals surface area contributed by atoms with Gasteiger partial charge >= 0.3 is 0 Å². The topological polar surface area (TPSA) is 61.9 Å². The molecule has 110 valence electrons. The molecule has 0 radical (unpaired) electrons. The highest BCUT2D eigenvalue weighted by molar-refractivity contribution is 6.33. The molecule has 0 saturated carbocycles. The Hall–Kier alpha value is -1.59. The quantitative estimate of drug-likeness (QED) is 0.863. The summed E-state index contributed by atoms with van der Waals surface area (Å²) in [7, 11) is 0. The zero-order valence-corrected chi connectivity index (χ0v) is 12.7. The fraction of sp³-hybridized carbons (Fsp3) is 0.357. The van der Waals surface area contributed by atoms with Gasteiger partial charge in [0.25, 0.3) is 5.91 Å². The van der Waals surface area contributed by atoms with Crippen molar-refractivity contribution in [2.24, 2.45) is 0 Å². The molecule has 1 unspecified atom stereocenters. The Kier molecular flexibility index (Phi) is 4.12. The molecule has 1 amide bonds. The summed E-state index contributed by atoms with van der Waals surface area (Å²) in [6, 6.07) is 5.06. The summed E-state index contributed by atoms with van der Waals surface area (Å²) in [4.78, 5) is 18.3. The Morgan fingerprint density at radius 1 is 1.33 bits per heavy atom. The van der Waals surface area contributed by atoms with Crippen LogP contribution in [0.3, 0.4) is 0 Å². The van der Waals surface area contributed by atoms with E-state index in [0.717, 1.165) is 25.1 Å². The Bertz CT molecular complexity index is 624.